The van der Waals surface area contributed by atoms with Crippen LogP contribution in [0, 0.1) is 6.92 Å². The molecule has 0 aliphatic carbocycles. The van der Waals surface area contributed by atoms with Gasteiger partial charge in [-0.25, -0.2) is 9.88 Å². The fourth-order valence-electron chi connectivity index (χ4n) is 5.25. The molecule has 0 spiro atoms. The zero-order chi connectivity index (χ0) is 30.5. The lowest BCUT2D eigenvalue weighted by atomic mass is 10.1. The normalized spacial score (nSPS) is 13.5. The predicted octanol–water partition coefficient (Wildman–Crippen LogP) is 5.75. The number of rotatable bonds is 7. The summed E-state index contributed by atoms with van der Waals surface area (Å²) in [4.78, 5) is 58.7. The molecule has 5 aromatic rings. The van der Waals surface area contributed by atoms with Gasteiger partial charge in [-0.2, -0.15) is 0 Å². The number of nitrogens with zero attached hydrogens (tertiary/aromatic N) is 3. The molecule has 7 rings (SSSR count). The molecule has 11 nitrogen and oxygen atoms in total. The number of imide groups is 1. The number of amides is 3. The summed E-state index contributed by atoms with van der Waals surface area (Å²) < 4.78 is 18.2. The number of fused-ring (bicyclic) bond motifs is 3. The maximum atomic E-state index is 13.2. The van der Waals surface area contributed by atoms with Gasteiger partial charge < -0.3 is 19.5 Å². The van der Waals surface area contributed by atoms with Crippen LogP contribution in [-0.4, -0.2) is 34.1 Å². The van der Waals surface area contributed by atoms with E-state index >= 15 is 0 Å². The molecule has 0 bridgehead atoms. The first-order valence-electron chi connectivity index (χ1n) is 13.8. The predicted molar refractivity (Wildman–Crippen MR) is 164 cm³/mol. The number of hydrogen-bond donors (Lipinski definition) is 1. The van der Waals surface area contributed by atoms with Gasteiger partial charge in [0.15, 0.2) is 11.5 Å². The Bertz CT molecular complexity index is 2070. The van der Waals surface area contributed by atoms with Crippen molar-refractivity contribution in [2.45, 2.75) is 26.8 Å². The fourth-order valence-corrected chi connectivity index (χ4v) is 6.28. The van der Waals surface area contributed by atoms with E-state index < -0.39 is 11.8 Å². The van der Waals surface area contributed by atoms with Gasteiger partial charge in [0.2, 0.25) is 6.79 Å². The molecule has 2 aromatic heterocycles. The van der Waals surface area contributed by atoms with Crippen LogP contribution in [-0.2, 0) is 6.54 Å². The minimum atomic E-state index is -0.469. The van der Waals surface area contributed by atoms with E-state index in [0.717, 1.165) is 11.3 Å². The fraction of sp³-hybridized carbons (Fsp3) is 0.156. The summed E-state index contributed by atoms with van der Waals surface area (Å²) in [5, 5.41) is 3.33. The van der Waals surface area contributed by atoms with Gasteiger partial charge in [-0.1, -0.05) is 6.92 Å². The number of aromatic nitrogens is 2. The number of thiophene rings is 1. The van der Waals surface area contributed by atoms with Crippen molar-refractivity contribution in [2.24, 2.45) is 0 Å². The number of hydrogen-bond acceptors (Lipinski definition) is 9. The van der Waals surface area contributed by atoms with Crippen LogP contribution in [0.15, 0.2) is 71.8 Å². The van der Waals surface area contributed by atoms with Crippen molar-refractivity contribution >= 4 is 50.6 Å². The van der Waals surface area contributed by atoms with Crippen molar-refractivity contribution < 1.29 is 28.6 Å². The maximum Gasteiger partial charge on any atom is 0.266 e. The third kappa shape index (κ3) is 4.56. The van der Waals surface area contributed by atoms with Gasteiger partial charge in [0.1, 0.15) is 16.3 Å². The summed E-state index contributed by atoms with van der Waals surface area (Å²) >= 11 is 1.18. The molecule has 0 atom stereocenters. The molecule has 3 amide bonds. The molecule has 2 aliphatic heterocycles. The standard InChI is InChI=1S/C32H24N4O7S/c1-3-12-35-15-33-29-26(32(35)40)17(2)27(44-29)28(37)34-18-4-7-20(8-5-18)43-21-9-10-22-23(14-21)31(39)36(30(22)38)19-6-11-24-25(13-19)42-16-41-24/h4-11,13-15H,3,12,16H2,1-2H3,(H,34,37). The van der Waals surface area contributed by atoms with Crippen LogP contribution in [0.5, 0.6) is 23.0 Å². The van der Waals surface area contributed by atoms with E-state index in [1.165, 1.54) is 23.7 Å². The quantitative estimate of drug-likeness (QED) is 0.231. The van der Waals surface area contributed by atoms with Gasteiger partial charge in [0, 0.05) is 18.3 Å². The third-order valence-corrected chi connectivity index (χ3v) is 8.61. The molecular weight excluding hydrogens is 584 g/mol. The van der Waals surface area contributed by atoms with Crippen molar-refractivity contribution in [1.82, 2.24) is 9.55 Å². The van der Waals surface area contributed by atoms with Gasteiger partial charge in [-0.3, -0.25) is 23.7 Å². The van der Waals surface area contributed by atoms with Crippen molar-refractivity contribution in [1.29, 1.82) is 0 Å². The van der Waals surface area contributed by atoms with Gasteiger partial charge in [0.25, 0.3) is 23.3 Å². The average Bonchev–Trinajstić information content (AvgIpc) is 3.70. The highest BCUT2D eigenvalue weighted by Gasteiger charge is 2.37. The number of anilines is 2. The van der Waals surface area contributed by atoms with Crippen LogP contribution in [0.25, 0.3) is 10.2 Å². The second kappa shape index (κ2) is 10.7. The van der Waals surface area contributed by atoms with E-state index in [0.29, 0.717) is 61.6 Å². The largest absolute Gasteiger partial charge is 0.457 e. The average molecular weight is 609 g/mol. The first-order valence-corrected chi connectivity index (χ1v) is 14.6. The van der Waals surface area contributed by atoms with Crippen LogP contribution in [0.3, 0.4) is 0 Å². The molecular formula is C32H24N4O7S. The Morgan fingerprint density at radius 2 is 1.70 bits per heavy atom. The van der Waals surface area contributed by atoms with E-state index in [1.54, 1.807) is 66.1 Å². The molecule has 44 heavy (non-hydrogen) atoms. The summed E-state index contributed by atoms with van der Waals surface area (Å²) in [6.45, 7) is 4.39. The minimum absolute atomic E-state index is 0.0841. The van der Waals surface area contributed by atoms with Gasteiger partial charge >= 0.3 is 0 Å². The lowest BCUT2D eigenvalue weighted by Gasteiger charge is -2.14. The van der Waals surface area contributed by atoms with Crippen molar-refractivity contribution in [2.75, 3.05) is 17.0 Å². The van der Waals surface area contributed by atoms with E-state index in [2.05, 4.69) is 10.3 Å². The van der Waals surface area contributed by atoms with Crippen LogP contribution in [0.4, 0.5) is 11.4 Å². The van der Waals surface area contributed by atoms with E-state index in [-0.39, 0.29) is 29.4 Å². The van der Waals surface area contributed by atoms with Gasteiger partial charge in [0.05, 0.1) is 33.4 Å². The Kier molecular flexibility index (Phi) is 6.62. The summed E-state index contributed by atoms with van der Waals surface area (Å²) in [7, 11) is 0. The Labute approximate surface area is 254 Å². The first-order chi connectivity index (χ1) is 21.3. The molecule has 0 saturated carbocycles. The van der Waals surface area contributed by atoms with Crippen LogP contribution in [0.1, 0.15) is 49.3 Å². The molecule has 0 fully saturated rings. The van der Waals surface area contributed by atoms with E-state index in [9.17, 15) is 19.2 Å². The monoisotopic (exact) mass is 608 g/mol. The Hall–Kier alpha value is -5.49. The summed E-state index contributed by atoms with van der Waals surface area (Å²) in [5.41, 5.74) is 1.87. The Morgan fingerprint density at radius 3 is 2.50 bits per heavy atom. The highest BCUT2D eigenvalue weighted by atomic mass is 32.1. The van der Waals surface area contributed by atoms with Crippen molar-refractivity contribution in [3.05, 3.63) is 98.9 Å². The molecule has 3 aromatic carbocycles. The second-order valence-electron chi connectivity index (χ2n) is 10.3. The number of carbonyl (C=O) groups is 3. The SMILES string of the molecule is CCCn1cnc2sc(C(=O)Nc3ccc(Oc4ccc5c(c4)C(=O)N(c4ccc6c(c4)OCO6)C5=O)cc3)c(C)c2c1=O. The van der Waals surface area contributed by atoms with Gasteiger partial charge in [-0.05, 0) is 73.5 Å². The summed E-state index contributed by atoms with van der Waals surface area (Å²) in [6.07, 6.45) is 2.32. The zero-order valence-electron chi connectivity index (χ0n) is 23.6. The van der Waals surface area contributed by atoms with Crippen LogP contribution < -0.4 is 30.0 Å². The molecule has 0 saturated heterocycles. The molecule has 220 valence electrons. The van der Waals surface area contributed by atoms with E-state index in [4.69, 9.17) is 14.2 Å². The van der Waals surface area contributed by atoms with Gasteiger partial charge in [-0.15, -0.1) is 11.3 Å². The Morgan fingerprint density at radius 1 is 0.955 bits per heavy atom. The number of carbonyl (C=O) groups excluding carboxylic acids is 3. The minimum Gasteiger partial charge on any atom is -0.457 e. The number of ether oxygens (including phenoxy) is 3. The maximum absolute atomic E-state index is 13.2. The first kappa shape index (κ1) is 27.3. The molecule has 1 N–H and O–H groups in total. The molecule has 12 heteroatoms. The highest BCUT2D eigenvalue weighted by molar-refractivity contribution is 7.20. The molecule has 0 radical (unpaired) electrons. The summed E-state index contributed by atoms with van der Waals surface area (Å²) in [5.74, 6) is 0.611. The van der Waals surface area contributed by atoms with Crippen molar-refractivity contribution in [3.8, 4) is 23.0 Å². The lowest BCUT2D eigenvalue weighted by molar-refractivity contribution is 0.0924. The van der Waals surface area contributed by atoms with Crippen LogP contribution >= 0.6 is 11.3 Å². The Balaban J connectivity index is 1.06. The molecule has 0 unspecified atom stereocenters. The van der Waals surface area contributed by atoms with Crippen LogP contribution in [0.2, 0.25) is 0 Å². The van der Waals surface area contributed by atoms with Crippen molar-refractivity contribution in [3.63, 3.8) is 0 Å². The highest BCUT2D eigenvalue weighted by Crippen LogP contribution is 2.39. The topological polar surface area (TPSA) is 129 Å². The molecule has 4 heterocycles. The second-order valence-corrected chi connectivity index (χ2v) is 11.2. The smallest absolute Gasteiger partial charge is 0.266 e. The molecule has 2 aliphatic rings. The number of aryl methyl sites for hydroxylation is 2. The van der Waals surface area contributed by atoms with E-state index in [1.807, 2.05) is 6.92 Å². The zero-order valence-corrected chi connectivity index (χ0v) is 24.4. The number of nitrogens with one attached hydrogen (secondary N) is 1. The third-order valence-electron chi connectivity index (χ3n) is 7.41. The lowest BCUT2D eigenvalue weighted by Crippen LogP contribution is -2.29. The summed E-state index contributed by atoms with van der Waals surface area (Å²) in [6, 6.07) is 16.3. The number of benzene rings is 3.